The van der Waals surface area contributed by atoms with E-state index in [1.807, 2.05) is 35.9 Å². The monoisotopic (exact) mass is 430 g/mol. The summed E-state index contributed by atoms with van der Waals surface area (Å²) in [5, 5.41) is 16.5. The molecule has 4 rings (SSSR count). The Morgan fingerprint density at radius 3 is 2.89 bits per heavy atom. The van der Waals surface area contributed by atoms with Crippen LogP contribution in [0.15, 0.2) is 45.7 Å². The van der Waals surface area contributed by atoms with Crippen molar-refractivity contribution in [3.8, 4) is 11.4 Å². The number of benzene rings is 1. The van der Waals surface area contributed by atoms with Gasteiger partial charge in [-0.25, -0.2) is 4.98 Å². The molecule has 0 bridgehead atoms. The van der Waals surface area contributed by atoms with Crippen LogP contribution in [0.25, 0.3) is 11.8 Å². The van der Waals surface area contributed by atoms with Crippen LogP contribution in [-0.2, 0) is 4.79 Å². The molecule has 0 unspecified atom stereocenters. The van der Waals surface area contributed by atoms with Gasteiger partial charge in [0.05, 0.1) is 10.6 Å². The number of amides is 1. The SMILES string of the molecule is Cc1cc(/C=C2\S/C(=N/c3nccs3)NC2=O)c(C)n1-c1cc(Cl)ccc1O. The third-order valence-corrected chi connectivity index (χ3v) is 6.01. The molecule has 1 aliphatic rings. The number of aromatic hydroxyl groups is 1. The van der Waals surface area contributed by atoms with Gasteiger partial charge in [-0.15, -0.1) is 11.3 Å². The minimum absolute atomic E-state index is 0.135. The van der Waals surface area contributed by atoms with E-state index in [9.17, 15) is 9.90 Å². The van der Waals surface area contributed by atoms with E-state index in [0.29, 0.717) is 25.9 Å². The highest BCUT2D eigenvalue weighted by atomic mass is 35.5. The van der Waals surface area contributed by atoms with Crippen molar-refractivity contribution in [3.63, 3.8) is 0 Å². The Balaban J connectivity index is 1.69. The van der Waals surface area contributed by atoms with Gasteiger partial charge in [0.1, 0.15) is 5.75 Å². The summed E-state index contributed by atoms with van der Waals surface area (Å²) in [7, 11) is 0. The summed E-state index contributed by atoms with van der Waals surface area (Å²) in [4.78, 5) is 21.3. The molecule has 0 atom stereocenters. The number of nitrogens with zero attached hydrogens (tertiary/aromatic N) is 3. The van der Waals surface area contributed by atoms with Gasteiger partial charge in [-0.3, -0.25) is 4.79 Å². The van der Waals surface area contributed by atoms with Crippen LogP contribution in [0.5, 0.6) is 5.75 Å². The van der Waals surface area contributed by atoms with Crippen LogP contribution in [0.3, 0.4) is 0 Å². The zero-order valence-electron chi connectivity index (χ0n) is 14.9. The van der Waals surface area contributed by atoms with Gasteiger partial charge in [0.25, 0.3) is 5.91 Å². The Bertz CT molecular complexity index is 1130. The van der Waals surface area contributed by atoms with E-state index in [1.165, 1.54) is 23.1 Å². The van der Waals surface area contributed by atoms with E-state index in [1.54, 1.807) is 24.4 Å². The molecule has 142 valence electrons. The normalized spacial score (nSPS) is 16.9. The second-order valence-corrected chi connectivity index (χ2v) is 8.43. The highest BCUT2D eigenvalue weighted by molar-refractivity contribution is 8.18. The number of aliphatic imine (C=N–C) groups is 1. The molecule has 0 saturated carbocycles. The summed E-state index contributed by atoms with van der Waals surface area (Å²) in [6.45, 7) is 3.87. The van der Waals surface area contributed by atoms with Crippen molar-refractivity contribution in [2.45, 2.75) is 13.8 Å². The number of hydrogen-bond donors (Lipinski definition) is 2. The van der Waals surface area contributed by atoms with Crippen LogP contribution in [0, 0.1) is 13.8 Å². The van der Waals surface area contributed by atoms with Gasteiger partial charge >= 0.3 is 0 Å². The van der Waals surface area contributed by atoms with E-state index in [2.05, 4.69) is 15.3 Å². The summed E-state index contributed by atoms with van der Waals surface area (Å²) in [6.07, 6.45) is 3.49. The van der Waals surface area contributed by atoms with Crippen molar-refractivity contribution in [2.24, 2.45) is 4.99 Å². The molecule has 0 radical (unpaired) electrons. The molecule has 0 aliphatic carbocycles. The lowest BCUT2D eigenvalue weighted by Gasteiger charge is -2.12. The topological polar surface area (TPSA) is 79.5 Å². The smallest absolute Gasteiger partial charge is 0.264 e. The molecule has 1 aromatic carbocycles. The molecule has 0 spiro atoms. The highest BCUT2D eigenvalue weighted by Gasteiger charge is 2.25. The van der Waals surface area contributed by atoms with Crippen molar-refractivity contribution in [3.05, 3.63) is 62.7 Å². The van der Waals surface area contributed by atoms with Gasteiger partial charge < -0.3 is 15.0 Å². The van der Waals surface area contributed by atoms with Crippen molar-refractivity contribution < 1.29 is 9.90 Å². The summed E-state index contributed by atoms with van der Waals surface area (Å²) in [5.41, 5.74) is 3.29. The van der Waals surface area contributed by atoms with Crippen LogP contribution < -0.4 is 5.32 Å². The number of nitrogens with one attached hydrogen (secondary N) is 1. The van der Waals surface area contributed by atoms with Gasteiger partial charge in [-0.2, -0.15) is 4.99 Å². The molecule has 28 heavy (non-hydrogen) atoms. The van der Waals surface area contributed by atoms with Gasteiger partial charge in [-0.1, -0.05) is 11.6 Å². The molecule has 2 aromatic heterocycles. The van der Waals surface area contributed by atoms with Gasteiger partial charge in [-0.05, 0) is 61.5 Å². The first-order valence-electron chi connectivity index (χ1n) is 8.29. The Kier molecular flexibility index (Phi) is 5.01. The summed E-state index contributed by atoms with van der Waals surface area (Å²) in [5.74, 6) is -0.0630. The Labute approximate surface area is 174 Å². The van der Waals surface area contributed by atoms with Crippen molar-refractivity contribution in [2.75, 3.05) is 0 Å². The van der Waals surface area contributed by atoms with Crippen LogP contribution in [0.1, 0.15) is 17.0 Å². The zero-order valence-corrected chi connectivity index (χ0v) is 17.3. The van der Waals surface area contributed by atoms with Gasteiger partial charge in [0, 0.05) is 28.0 Å². The summed E-state index contributed by atoms with van der Waals surface area (Å²) < 4.78 is 1.91. The molecule has 1 saturated heterocycles. The number of amidine groups is 1. The van der Waals surface area contributed by atoms with E-state index in [4.69, 9.17) is 11.6 Å². The fourth-order valence-electron chi connectivity index (χ4n) is 2.96. The molecular weight excluding hydrogens is 416 g/mol. The van der Waals surface area contributed by atoms with Crippen LogP contribution in [0.2, 0.25) is 5.02 Å². The van der Waals surface area contributed by atoms with E-state index >= 15 is 0 Å². The van der Waals surface area contributed by atoms with Crippen molar-refractivity contribution in [1.29, 1.82) is 0 Å². The number of carbonyl (C=O) groups is 1. The Morgan fingerprint density at radius 1 is 1.32 bits per heavy atom. The number of thioether (sulfide) groups is 1. The van der Waals surface area contributed by atoms with Crippen LogP contribution in [-0.4, -0.2) is 25.7 Å². The first-order valence-corrected chi connectivity index (χ1v) is 10.4. The number of aromatic nitrogens is 2. The predicted molar refractivity (Wildman–Crippen MR) is 115 cm³/mol. The van der Waals surface area contributed by atoms with E-state index in [-0.39, 0.29) is 11.7 Å². The van der Waals surface area contributed by atoms with Gasteiger partial charge in [0.2, 0.25) is 5.13 Å². The zero-order chi connectivity index (χ0) is 19.8. The molecule has 1 fully saturated rings. The first kappa shape index (κ1) is 18.8. The number of aryl methyl sites for hydroxylation is 1. The summed E-state index contributed by atoms with van der Waals surface area (Å²) in [6, 6.07) is 6.88. The lowest BCUT2D eigenvalue weighted by atomic mass is 10.2. The molecule has 1 amide bonds. The summed E-state index contributed by atoms with van der Waals surface area (Å²) >= 11 is 8.78. The van der Waals surface area contributed by atoms with E-state index in [0.717, 1.165) is 17.0 Å². The molecule has 9 heteroatoms. The van der Waals surface area contributed by atoms with Crippen molar-refractivity contribution in [1.82, 2.24) is 14.9 Å². The minimum Gasteiger partial charge on any atom is -0.506 e. The molecule has 2 N–H and O–H groups in total. The second-order valence-electron chi connectivity index (χ2n) is 6.09. The standard InChI is InChI=1S/C19H15ClN4O2S2/c1-10-7-12(11(2)24(10)14-9-13(20)3-4-15(14)25)8-16-17(26)22-19(28-16)23-18-21-5-6-27-18/h3-9,25H,1-2H3,(H,21,22,23,26)/b16-8-. The molecule has 6 nitrogen and oxygen atoms in total. The number of hydrogen-bond acceptors (Lipinski definition) is 6. The average molecular weight is 431 g/mol. The highest BCUT2D eigenvalue weighted by Crippen LogP contribution is 2.33. The maximum atomic E-state index is 12.3. The Morgan fingerprint density at radius 2 is 2.14 bits per heavy atom. The molecule has 1 aliphatic heterocycles. The van der Waals surface area contributed by atoms with Crippen LogP contribution in [0.4, 0.5) is 5.13 Å². The second kappa shape index (κ2) is 7.46. The maximum Gasteiger partial charge on any atom is 0.264 e. The molecule has 3 aromatic rings. The minimum atomic E-state index is -0.198. The lowest BCUT2D eigenvalue weighted by Crippen LogP contribution is -2.19. The number of thiazole rings is 1. The van der Waals surface area contributed by atoms with Crippen LogP contribution >= 0.6 is 34.7 Å². The molecule has 3 heterocycles. The maximum absolute atomic E-state index is 12.3. The Hall–Kier alpha value is -2.55. The predicted octanol–water partition coefficient (Wildman–Crippen LogP) is 4.80. The average Bonchev–Trinajstić information content (AvgIpc) is 3.33. The van der Waals surface area contributed by atoms with Crippen molar-refractivity contribution >= 4 is 57.0 Å². The third-order valence-electron chi connectivity index (χ3n) is 4.20. The third kappa shape index (κ3) is 3.58. The van der Waals surface area contributed by atoms with Gasteiger partial charge in [0.15, 0.2) is 5.17 Å². The number of carbonyl (C=O) groups excluding carboxylic acids is 1. The number of halogens is 1. The first-order chi connectivity index (χ1) is 13.4. The lowest BCUT2D eigenvalue weighted by molar-refractivity contribution is -0.115. The van der Waals surface area contributed by atoms with E-state index < -0.39 is 0 Å². The number of phenolic OH excluding ortho intramolecular Hbond substituents is 1. The number of phenols is 1. The molecular formula is C19H15ClN4O2S2. The fourth-order valence-corrected chi connectivity index (χ4v) is 4.51. The fraction of sp³-hybridized carbons (Fsp3) is 0.105. The number of rotatable bonds is 3. The quantitative estimate of drug-likeness (QED) is 0.585. The largest absolute Gasteiger partial charge is 0.506 e.